The summed E-state index contributed by atoms with van der Waals surface area (Å²) in [4.78, 5) is -0.137. The Balaban J connectivity index is 2.95. The van der Waals surface area contributed by atoms with Gasteiger partial charge in [-0.05, 0) is 24.6 Å². The second-order valence-electron chi connectivity index (χ2n) is 3.88. The van der Waals surface area contributed by atoms with E-state index in [1.165, 1.54) is 19.1 Å². The Labute approximate surface area is 117 Å². The van der Waals surface area contributed by atoms with Crippen LogP contribution in [0.2, 0.25) is 0 Å². The lowest BCUT2D eigenvalue weighted by atomic mass is 10.2. The third-order valence-electron chi connectivity index (χ3n) is 2.36. The average molecular weight is 361 g/mol. The molecule has 0 unspecified atom stereocenters. The monoisotopic (exact) mass is 360 g/mol. The molecule has 0 amide bonds. The molecule has 0 fully saturated rings. The van der Waals surface area contributed by atoms with Crippen LogP contribution >= 0.6 is 15.9 Å². The van der Waals surface area contributed by atoms with Crippen LogP contribution in [0.15, 0.2) is 21.5 Å². The van der Waals surface area contributed by atoms with Crippen molar-refractivity contribution in [3.8, 4) is 0 Å². The summed E-state index contributed by atoms with van der Waals surface area (Å²) < 4.78 is 62.1. The Morgan fingerprint density at radius 3 is 2.47 bits per heavy atom. The van der Waals surface area contributed by atoms with Gasteiger partial charge >= 0.3 is 6.18 Å². The molecule has 3 N–H and O–H groups in total. The lowest BCUT2D eigenvalue weighted by molar-refractivity contribution is -0.132. The van der Waals surface area contributed by atoms with Gasteiger partial charge in [0.2, 0.25) is 10.0 Å². The van der Waals surface area contributed by atoms with Crippen LogP contribution in [0.5, 0.6) is 0 Å². The topological polar surface area (TPSA) is 72.2 Å². The molecule has 108 valence electrons. The van der Waals surface area contributed by atoms with E-state index in [-0.39, 0.29) is 10.6 Å². The van der Waals surface area contributed by atoms with E-state index in [0.717, 1.165) is 0 Å². The van der Waals surface area contributed by atoms with Crippen molar-refractivity contribution in [2.24, 2.45) is 0 Å². The molecule has 1 rings (SSSR count). The average Bonchev–Trinajstić information content (AvgIpc) is 2.20. The fourth-order valence-electron chi connectivity index (χ4n) is 1.36. The van der Waals surface area contributed by atoms with Crippen LogP contribution in [-0.2, 0) is 10.0 Å². The number of benzene rings is 1. The van der Waals surface area contributed by atoms with Gasteiger partial charge in [-0.3, -0.25) is 0 Å². The molecular formula is C10H12BrF3N2O2S. The number of nitrogens with two attached hydrogens (primary N) is 1. The lowest BCUT2D eigenvalue weighted by Crippen LogP contribution is -2.28. The van der Waals surface area contributed by atoms with Crippen LogP contribution in [0.1, 0.15) is 12.0 Å². The Kier molecular flexibility index (Phi) is 4.86. The van der Waals surface area contributed by atoms with Gasteiger partial charge in [0.25, 0.3) is 0 Å². The molecule has 0 heterocycles. The van der Waals surface area contributed by atoms with E-state index >= 15 is 0 Å². The summed E-state index contributed by atoms with van der Waals surface area (Å²) >= 11 is 3.09. The first kappa shape index (κ1) is 16.3. The summed E-state index contributed by atoms with van der Waals surface area (Å²) in [6.45, 7) is 0.776. The van der Waals surface area contributed by atoms with E-state index < -0.39 is 29.2 Å². The SMILES string of the molecule is Cc1c(N)cc(Br)cc1S(=O)(=O)NCCC(F)(F)F. The van der Waals surface area contributed by atoms with Crippen molar-refractivity contribution in [3.63, 3.8) is 0 Å². The number of nitrogen functional groups attached to an aromatic ring is 1. The standard InChI is InChI=1S/C10H12BrF3N2O2S/c1-6-8(15)4-7(11)5-9(6)19(17,18)16-3-2-10(12,13)14/h4-5,16H,2-3,15H2,1H3. The van der Waals surface area contributed by atoms with Gasteiger partial charge in [0.05, 0.1) is 11.3 Å². The third-order valence-corrected chi connectivity index (χ3v) is 4.40. The van der Waals surface area contributed by atoms with Crippen LogP contribution in [-0.4, -0.2) is 21.1 Å². The van der Waals surface area contributed by atoms with Crippen molar-refractivity contribution in [2.45, 2.75) is 24.4 Å². The summed E-state index contributed by atoms with van der Waals surface area (Å²) in [6, 6.07) is 2.81. The van der Waals surface area contributed by atoms with Gasteiger partial charge in [-0.25, -0.2) is 13.1 Å². The predicted octanol–water partition coefficient (Wildman–Crippen LogP) is 2.57. The zero-order valence-electron chi connectivity index (χ0n) is 9.88. The van der Waals surface area contributed by atoms with Gasteiger partial charge in [0.15, 0.2) is 0 Å². The highest BCUT2D eigenvalue weighted by molar-refractivity contribution is 9.10. The summed E-state index contributed by atoms with van der Waals surface area (Å²) in [6.07, 6.45) is -5.64. The van der Waals surface area contributed by atoms with Crippen LogP contribution in [0.4, 0.5) is 18.9 Å². The van der Waals surface area contributed by atoms with Gasteiger partial charge in [-0.15, -0.1) is 0 Å². The molecule has 1 aromatic rings. The summed E-state index contributed by atoms with van der Waals surface area (Å²) in [7, 11) is -4.02. The molecule has 19 heavy (non-hydrogen) atoms. The van der Waals surface area contributed by atoms with Crippen molar-refractivity contribution < 1.29 is 21.6 Å². The largest absolute Gasteiger partial charge is 0.398 e. The molecule has 0 aliphatic rings. The van der Waals surface area contributed by atoms with E-state index in [1.807, 2.05) is 4.72 Å². The summed E-state index contributed by atoms with van der Waals surface area (Å²) in [5.74, 6) is 0. The number of halogens is 4. The highest BCUT2D eigenvalue weighted by atomic mass is 79.9. The number of hydrogen-bond donors (Lipinski definition) is 2. The molecule has 0 aliphatic carbocycles. The zero-order chi connectivity index (χ0) is 14.8. The second-order valence-corrected chi connectivity index (χ2v) is 6.53. The predicted molar refractivity (Wildman–Crippen MR) is 69.2 cm³/mol. The lowest BCUT2D eigenvalue weighted by Gasteiger charge is -2.12. The molecular weight excluding hydrogens is 349 g/mol. The molecule has 0 saturated heterocycles. The quantitative estimate of drug-likeness (QED) is 0.810. The van der Waals surface area contributed by atoms with E-state index in [2.05, 4.69) is 15.9 Å². The molecule has 0 spiro atoms. The molecule has 1 aromatic carbocycles. The van der Waals surface area contributed by atoms with Crippen LogP contribution in [0.25, 0.3) is 0 Å². The van der Waals surface area contributed by atoms with Crippen molar-refractivity contribution in [3.05, 3.63) is 22.2 Å². The molecule has 0 bridgehead atoms. The van der Waals surface area contributed by atoms with Gasteiger partial charge in [-0.1, -0.05) is 15.9 Å². The Bertz CT molecular complexity index is 573. The first-order chi connectivity index (χ1) is 8.53. The maximum atomic E-state index is 12.0. The molecule has 0 radical (unpaired) electrons. The molecule has 9 heteroatoms. The smallest absolute Gasteiger partial charge is 0.390 e. The Morgan fingerprint density at radius 1 is 1.37 bits per heavy atom. The van der Waals surface area contributed by atoms with Crippen LogP contribution < -0.4 is 10.5 Å². The molecule has 0 aliphatic heterocycles. The Hall–Kier alpha value is -0.800. The molecule has 0 aromatic heterocycles. The van der Waals surface area contributed by atoms with Crippen molar-refractivity contribution >= 4 is 31.6 Å². The summed E-state index contributed by atoms with van der Waals surface area (Å²) in [5, 5.41) is 0. The fourth-order valence-corrected chi connectivity index (χ4v) is 3.31. The second kappa shape index (κ2) is 5.68. The molecule has 0 atom stereocenters. The van der Waals surface area contributed by atoms with E-state index in [0.29, 0.717) is 10.0 Å². The zero-order valence-corrected chi connectivity index (χ0v) is 12.3. The molecule has 4 nitrogen and oxygen atoms in total. The molecule has 0 saturated carbocycles. The van der Waals surface area contributed by atoms with Crippen LogP contribution in [0, 0.1) is 6.92 Å². The minimum Gasteiger partial charge on any atom is -0.398 e. The number of hydrogen-bond acceptors (Lipinski definition) is 3. The highest BCUT2D eigenvalue weighted by Crippen LogP contribution is 2.26. The van der Waals surface area contributed by atoms with Gasteiger partial charge in [-0.2, -0.15) is 13.2 Å². The van der Waals surface area contributed by atoms with Gasteiger partial charge in [0, 0.05) is 16.7 Å². The minimum absolute atomic E-state index is 0.137. The maximum Gasteiger partial charge on any atom is 0.390 e. The van der Waals surface area contributed by atoms with Crippen molar-refractivity contribution in [2.75, 3.05) is 12.3 Å². The Morgan fingerprint density at radius 2 is 1.95 bits per heavy atom. The normalized spacial score (nSPS) is 12.7. The maximum absolute atomic E-state index is 12.0. The van der Waals surface area contributed by atoms with Gasteiger partial charge in [0.1, 0.15) is 0 Å². The number of sulfonamides is 1. The van der Waals surface area contributed by atoms with E-state index in [4.69, 9.17) is 5.73 Å². The first-order valence-electron chi connectivity index (χ1n) is 5.15. The minimum atomic E-state index is -4.41. The van der Waals surface area contributed by atoms with Crippen LogP contribution in [0.3, 0.4) is 0 Å². The van der Waals surface area contributed by atoms with Gasteiger partial charge < -0.3 is 5.73 Å². The number of rotatable bonds is 4. The van der Waals surface area contributed by atoms with Crippen molar-refractivity contribution in [1.82, 2.24) is 4.72 Å². The third kappa shape index (κ3) is 4.66. The number of alkyl halides is 3. The number of anilines is 1. The van der Waals surface area contributed by atoms with E-state index in [1.54, 1.807) is 0 Å². The first-order valence-corrected chi connectivity index (χ1v) is 7.42. The van der Waals surface area contributed by atoms with E-state index in [9.17, 15) is 21.6 Å². The fraction of sp³-hybridized carbons (Fsp3) is 0.400. The highest BCUT2D eigenvalue weighted by Gasteiger charge is 2.28. The van der Waals surface area contributed by atoms with Crippen molar-refractivity contribution in [1.29, 1.82) is 0 Å². The summed E-state index contributed by atoms with van der Waals surface area (Å²) in [5.41, 5.74) is 6.15. The number of nitrogens with one attached hydrogen (secondary N) is 1.